The summed E-state index contributed by atoms with van der Waals surface area (Å²) in [4.78, 5) is 21.8. The minimum absolute atomic E-state index is 0.0985. The number of ether oxygens (including phenoxy) is 2. The summed E-state index contributed by atoms with van der Waals surface area (Å²) in [6, 6.07) is 6.40. The van der Waals surface area contributed by atoms with Gasteiger partial charge in [-0.1, -0.05) is 17.3 Å². The maximum atomic E-state index is 11.3. The summed E-state index contributed by atoms with van der Waals surface area (Å²) in [6.07, 6.45) is 1.51. The maximum absolute atomic E-state index is 11.3. The number of nitrogens with zero attached hydrogens (tertiary/aromatic N) is 1. The monoisotopic (exact) mass is 249 g/mol. The highest BCUT2D eigenvalue weighted by Crippen LogP contribution is 2.22. The van der Waals surface area contributed by atoms with E-state index in [0.29, 0.717) is 5.75 Å². The topological polar surface area (TPSA) is 65.0 Å². The number of methoxy groups -OCH3 is 1. The second kappa shape index (κ2) is 6.54. The SMILES string of the molecule is CC=C(Oc1cccc(C(C)N=O)c1)C(=O)OC. The van der Waals surface area contributed by atoms with Gasteiger partial charge >= 0.3 is 5.97 Å². The van der Waals surface area contributed by atoms with Crippen molar-refractivity contribution in [1.29, 1.82) is 0 Å². The molecule has 18 heavy (non-hydrogen) atoms. The molecule has 0 heterocycles. The van der Waals surface area contributed by atoms with Crippen LogP contribution in [-0.2, 0) is 9.53 Å². The fourth-order valence-electron chi connectivity index (χ4n) is 1.34. The van der Waals surface area contributed by atoms with E-state index in [0.717, 1.165) is 5.56 Å². The zero-order valence-electron chi connectivity index (χ0n) is 10.5. The molecule has 5 heteroatoms. The number of hydrogen-bond donors (Lipinski definition) is 0. The average molecular weight is 249 g/mol. The van der Waals surface area contributed by atoms with Gasteiger partial charge in [0.1, 0.15) is 11.8 Å². The Labute approximate surface area is 105 Å². The van der Waals surface area contributed by atoms with Crippen molar-refractivity contribution < 1.29 is 14.3 Å². The average Bonchev–Trinajstić information content (AvgIpc) is 2.43. The molecule has 5 nitrogen and oxygen atoms in total. The Morgan fingerprint density at radius 1 is 1.44 bits per heavy atom. The normalized spacial score (nSPS) is 12.7. The minimum Gasteiger partial charge on any atom is -0.463 e. The molecular formula is C13H15NO4. The number of hydrogen-bond acceptors (Lipinski definition) is 5. The summed E-state index contributed by atoms with van der Waals surface area (Å²) in [5, 5.41) is 2.94. The van der Waals surface area contributed by atoms with Crippen LogP contribution >= 0.6 is 0 Å². The van der Waals surface area contributed by atoms with E-state index in [9.17, 15) is 9.70 Å². The Balaban J connectivity index is 2.91. The fourth-order valence-corrected chi connectivity index (χ4v) is 1.34. The van der Waals surface area contributed by atoms with Gasteiger partial charge in [0, 0.05) is 0 Å². The van der Waals surface area contributed by atoms with E-state index < -0.39 is 12.0 Å². The van der Waals surface area contributed by atoms with Gasteiger partial charge in [0.2, 0.25) is 5.76 Å². The van der Waals surface area contributed by atoms with Crippen molar-refractivity contribution in [3.05, 3.63) is 46.6 Å². The van der Waals surface area contributed by atoms with Crippen LogP contribution in [0.25, 0.3) is 0 Å². The summed E-state index contributed by atoms with van der Waals surface area (Å²) in [5.41, 5.74) is 0.725. The molecule has 1 aromatic carbocycles. The number of allylic oxidation sites excluding steroid dienone is 1. The van der Waals surface area contributed by atoms with Crippen molar-refractivity contribution >= 4 is 5.97 Å². The highest BCUT2D eigenvalue weighted by Gasteiger charge is 2.12. The van der Waals surface area contributed by atoms with E-state index in [1.165, 1.54) is 13.2 Å². The first kappa shape index (κ1) is 13.9. The summed E-state index contributed by atoms with van der Waals surface area (Å²) in [6.45, 7) is 3.36. The van der Waals surface area contributed by atoms with Gasteiger partial charge in [0.05, 0.1) is 7.11 Å². The third-order valence-electron chi connectivity index (χ3n) is 2.38. The van der Waals surface area contributed by atoms with Crippen molar-refractivity contribution in [2.45, 2.75) is 19.9 Å². The number of nitroso groups, excluding NO2 is 1. The van der Waals surface area contributed by atoms with Gasteiger partial charge in [0.25, 0.3) is 0 Å². The zero-order chi connectivity index (χ0) is 13.5. The quantitative estimate of drug-likeness (QED) is 0.348. The molecule has 0 aliphatic heterocycles. The first-order valence-corrected chi connectivity index (χ1v) is 5.47. The van der Waals surface area contributed by atoms with Gasteiger partial charge in [-0.25, -0.2) is 4.79 Å². The van der Waals surface area contributed by atoms with Crippen molar-refractivity contribution in [2.24, 2.45) is 5.18 Å². The van der Waals surface area contributed by atoms with E-state index in [1.54, 1.807) is 38.1 Å². The molecule has 0 N–H and O–H groups in total. The molecule has 96 valence electrons. The number of carbonyl (C=O) groups excluding carboxylic acids is 1. The Morgan fingerprint density at radius 3 is 2.72 bits per heavy atom. The molecule has 0 saturated carbocycles. The van der Waals surface area contributed by atoms with Crippen LogP contribution in [0.5, 0.6) is 5.75 Å². The molecule has 0 amide bonds. The van der Waals surface area contributed by atoms with Gasteiger partial charge < -0.3 is 9.47 Å². The predicted molar refractivity (Wildman–Crippen MR) is 67.1 cm³/mol. The highest BCUT2D eigenvalue weighted by atomic mass is 16.6. The Hall–Kier alpha value is -2.17. The molecule has 0 radical (unpaired) electrons. The van der Waals surface area contributed by atoms with Crippen LogP contribution in [0.4, 0.5) is 0 Å². The predicted octanol–water partition coefficient (Wildman–Crippen LogP) is 2.97. The van der Waals surface area contributed by atoms with Crippen LogP contribution in [0.1, 0.15) is 25.5 Å². The third kappa shape index (κ3) is 3.41. The van der Waals surface area contributed by atoms with Gasteiger partial charge in [-0.3, -0.25) is 0 Å². The summed E-state index contributed by atoms with van der Waals surface area (Å²) < 4.78 is 9.97. The lowest BCUT2D eigenvalue weighted by atomic mass is 10.1. The lowest BCUT2D eigenvalue weighted by molar-refractivity contribution is -0.138. The molecule has 0 spiro atoms. The first-order valence-electron chi connectivity index (χ1n) is 5.47. The molecule has 0 aromatic heterocycles. The molecule has 0 saturated heterocycles. The second-order valence-electron chi connectivity index (χ2n) is 3.60. The van der Waals surface area contributed by atoms with Crippen molar-refractivity contribution in [1.82, 2.24) is 0 Å². The van der Waals surface area contributed by atoms with Crippen LogP contribution < -0.4 is 4.74 Å². The van der Waals surface area contributed by atoms with Crippen LogP contribution in [0, 0.1) is 4.91 Å². The number of carbonyl (C=O) groups is 1. The summed E-state index contributed by atoms with van der Waals surface area (Å²) >= 11 is 0. The molecule has 1 rings (SSSR count). The van der Waals surface area contributed by atoms with Gasteiger partial charge in [-0.05, 0) is 37.6 Å². The Kier molecular flexibility index (Phi) is 5.05. The number of esters is 1. The van der Waals surface area contributed by atoms with Crippen molar-refractivity contribution in [2.75, 3.05) is 7.11 Å². The summed E-state index contributed by atoms with van der Waals surface area (Å²) in [5.74, 6) is 0.00679. The van der Waals surface area contributed by atoms with Crippen LogP contribution in [0.15, 0.2) is 41.3 Å². The van der Waals surface area contributed by atoms with Crippen molar-refractivity contribution in [3.63, 3.8) is 0 Å². The molecule has 1 aromatic rings. The van der Waals surface area contributed by atoms with Crippen LogP contribution in [0.3, 0.4) is 0 Å². The van der Waals surface area contributed by atoms with Gasteiger partial charge in [-0.15, -0.1) is 0 Å². The highest BCUT2D eigenvalue weighted by molar-refractivity contribution is 5.86. The molecule has 0 bridgehead atoms. The van der Waals surface area contributed by atoms with E-state index in [-0.39, 0.29) is 5.76 Å². The van der Waals surface area contributed by atoms with E-state index in [1.807, 2.05) is 0 Å². The molecule has 1 atom stereocenters. The second-order valence-corrected chi connectivity index (χ2v) is 3.60. The Bertz CT molecular complexity index is 468. The lowest BCUT2D eigenvalue weighted by Gasteiger charge is -2.09. The largest absolute Gasteiger partial charge is 0.463 e. The minimum atomic E-state index is -0.551. The molecule has 1 unspecified atom stereocenters. The molecule has 0 aliphatic carbocycles. The fraction of sp³-hybridized carbons (Fsp3) is 0.308. The standard InChI is InChI=1S/C13H15NO4/c1-4-12(13(15)17-3)18-11-7-5-6-10(8-11)9(2)14-16/h4-9H,1-3H3. The van der Waals surface area contributed by atoms with E-state index in [2.05, 4.69) is 9.91 Å². The molecular weight excluding hydrogens is 234 g/mol. The summed E-state index contributed by atoms with van der Waals surface area (Å²) in [7, 11) is 1.28. The number of rotatable bonds is 5. The van der Waals surface area contributed by atoms with Gasteiger partial charge in [0.15, 0.2) is 0 Å². The van der Waals surface area contributed by atoms with Crippen LogP contribution in [-0.4, -0.2) is 13.1 Å². The smallest absolute Gasteiger partial charge is 0.373 e. The molecule has 0 aliphatic rings. The Morgan fingerprint density at radius 2 is 2.17 bits per heavy atom. The number of benzene rings is 1. The van der Waals surface area contributed by atoms with Crippen molar-refractivity contribution in [3.8, 4) is 5.75 Å². The van der Waals surface area contributed by atoms with E-state index >= 15 is 0 Å². The first-order chi connectivity index (χ1) is 8.62. The maximum Gasteiger partial charge on any atom is 0.373 e. The molecule has 0 fully saturated rings. The zero-order valence-corrected chi connectivity index (χ0v) is 10.5. The van der Waals surface area contributed by atoms with Gasteiger partial charge in [-0.2, -0.15) is 4.91 Å². The van der Waals surface area contributed by atoms with E-state index in [4.69, 9.17) is 4.74 Å². The van der Waals surface area contributed by atoms with Crippen LogP contribution in [0.2, 0.25) is 0 Å². The third-order valence-corrected chi connectivity index (χ3v) is 2.38. The lowest BCUT2D eigenvalue weighted by Crippen LogP contribution is -2.10.